The largest absolute Gasteiger partial charge is 0.338 e. The van der Waals surface area contributed by atoms with E-state index in [-0.39, 0.29) is 0 Å². The molecule has 2 heteroatoms. The minimum atomic E-state index is 0.437. The highest BCUT2D eigenvalue weighted by Gasteiger charge is 2.16. The first-order chi connectivity index (χ1) is 23.7. The van der Waals surface area contributed by atoms with Gasteiger partial charge in [-0.1, -0.05) is 128 Å². The number of anilines is 3. The van der Waals surface area contributed by atoms with E-state index in [9.17, 15) is 0 Å². The molecular weight excluding hydrogens is 581 g/mol. The lowest BCUT2D eigenvalue weighted by atomic mass is 10.0. The number of rotatable bonds is 8. The fourth-order valence-corrected chi connectivity index (χ4v) is 6.96. The third-order valence-corrected chi connectivity index (χ3v) is 9.67. The molecule has 8 rings (SSSR count). The Morgan fingerprint density at radius 3 is 1.31 bits per heavy atom. The summed E-state index contributed by atoms with van der Waals surface area (Å²) in [7, 11) is 0. The molecule has 0 radical (unpaired) electrons. The van der Waals surface area contributed by atoms with E-state index in [1.54, 1.807) is 0 Å². The standard InChI is InChI=1S/C46H38N2/c1-3-33(2)47-45-17-11-10-16-43(45)44-32-39(24-31-46(44)47)38-22-29-42(30-23-38)48(40-25-18-36(19-26-40)34-12-6-4-7-13-34)41-27-20-37(21-28-41)35-14-8-5-9-15-35/h4-33H,3H2,1-2H3. The van der Waals surface area contributed by atoms with Crippen molar-refractivity contribution in [2.45, 2.75) is 26.3 Å². The van der Waals surface area contributed by atoms with Crippen molar-refractivity contribution in [1.29, 1.82) is 0 Å². The number of fused-ring (bicyclic) bond motifs is 3. The van der Waals surface area contributed by atoms with Gasteiger partial charge in [0.05, 0.1) is 0 Å². The van der Waals surface area contributed by atoms with E-state index >= 15 is 0 Å². The molecule has 0 spiro atoms. The van der Waals surface area contributed by atoms with Crippen molar-refractivity contribution in [1.82, 2.24) is 4.57 Å². The second-order valence-corrected chi connectivity index (χ2v) is 12.6. The Kier molecular flexibility index (Phi) is 7.84. The summed E-state index contributed by atoms with van der Waals surface area (Å²) in [5.41, 5.74) is 13.3. The zero-order chi connectivity index (χ0) is 32.5. The highest BCUT2D eigenvalue weighted by Crippen LogP contribution is 2.39. The number of benzene rings is 7. The molecule has 2 nitrogen and oxygen atoms in total. The summed E-state index contributed by atoms with van der Waals surface area (Å²) in [5, 5.41) is 2.63. The van der Waals surface area contributed by atoms with Crippen LogP contribution in [-0.4, -0.2) is 4.57 Å². The first-order valence-electron chi connectivity index (χ1n) is 16.9. The van der Waals surface area contributed by atoms with Crippen LogP contribution in [0.3, 0.4) is 0 Å². The Labute approximate surface area is 283 Å². The number of hydrogen-bond donors (Lipinski definition) is 0. The summed E-state index contributed by atoms with van der Waals surface area (Å²) >= 11 is 0. The normalized spacial score (nSPS) is 12.0. The van der Waals surface area contributed by atoms with Crippen molar-refractivity contribution in [3.8, 4) is 33.4 Å². The molecule has 0 bridgehead atoms. The number of para-hydroxylation sites is 1. The fraction of sp³-hybridized carbons (Fsp3) is 0.0870. The predicted octanol–water partition coefficient (Wildman–Crippen LogP) is 13.2. The molecule has 0 amide bonds. The van der Waals surface area contributed by atoms with Gasteiger partial charge in [0.15, 0.2) is 0 Å². The molecule has 0 saturated carbocycles. The minimum absolute atomic E-state index is 0.437. The summed E-state index contributed by atoms with van der Waals surface area (Å²) < 4.78 is 2.50. The summed E-state index contributed by atoms with van der Waals surface area (Å²) in [6, 6.07) is 64.1. The summed E-state index contributed by atoms with van der Waals surface area (Å²) in [6.45, 7) is 4.58. The maximum Gasteiger partial charge on any atom is 0.0494 e. The lowest BCUT2D eigenvalue weighted by Crippen LogP contribution is -2.09. The van der Waals surface area contributed by atoms with Crippen LogP contribution in [0, 0.1) is 0 Å². The van der Waals surface area contributed by atoms with E-state index in [0.717, 1.165) is 23.5 Å². The van der Waals surface area contributed by atoms with Crippen molar-refractivity contribution in [2.24, 2.45) is 0 Å². The van der Waals surface area contributed by atoms with Crippen molar-refractivity contribution >= 4 is 38.9 Å². The summed E-state index contributed by atoms with van der Waals surface area (Å²) in [6.07, 6.45) is 1.09. The minimum Gasteiger partial charge on any atom is -0.338 e. The first kappa shape index (κ1) is 29.5. The van der Waals surface area contributed by atoms with Crippen molar-refractivity contribution in [3.05, 3.63) is 176 Å². The van der Waals surface area contributed by atoms with Gasteiger partial charge in [-0.05, 0) is 101 Å². The van der Waals surface area contributed by atoms with Crippen LogP contribution in [0.5, 0.6) is 0 Å². The van der Waals surface area contributed by atoms with Gasteiger partial charge in [0.1, 0.15) is 0 Å². The molecular formula is C46H38N2. The van der Waals surface area contributed by atoms with Crippen LogP contribution >= 0.6 is 0 Å². The Morgan fingerprint density at radius 2 is 0.812 bits per heavy atom. The molecule has 0 fully saturated rings. The van der Waals surface area contributed by atoms with Gasteiger partial charge in [0.2, 0.25) is 0 Å². The third-order valence-electron chi connectivity index (χ3n) is 9.67. The first-order valence-corrected chi connectivity index (χ1v) is 16.9. The van der Waals surface area contributed by atoms with Gasteiger partial charge in [0, 0.05) is 44.9 Å². The highest BCUT2D eigenvalue weighted by atomic mass is 15.1. The summed E-state index contributed by atoms with van der Waals surface area (Å²) in [4.78, 5) is 2.34. The third kappa shape index (κ3) is 5.46. The molecule has 0 aliphatic heterocycles. The monoisotopic (exact) mass is 618 g/mol. The second kappa shape index (κ2) is 12.7. The van der Waals surface area contributed by atoms with E-state index < -0.39 is 0 Å². The molecule has 1 aromatic heterocycles. The molecule has 0 saturated heterocycles. The molecule has 1 atom stereocenters. The number of aromatic nitrogens is 1. The molecule has 0 N–H and O–H groups in total. The Hall–Kier alpha value is -5.86. The maximum atomic E-state index is 2.50. The molecule has 8 aromatic rings. The average molecular weight is 619 g/mol. The fourth-order valence-electron chi connectivity index (χ4n) is 6.96. The van der Waals surface area contributed by atoms with Crippen LogP contribution < -0.4 is 4.90 Å². The predicted molar refractivity (Wildman–Crippen MR) is 205 cm³/mol. The van der Waals surface area contributed by atoms with Crippen LogP contribution in [0.1, 0.15) is 26.3 Å². The SMILES string of the molecule is CCC(C)n1c2ccccc2c2cc(-c3ccc(N(c4ccc(-c5ccccc5)cc4)c4ccc(-c5ccccc5)cc4)cc3)ccc21. The van der Waals surface area contributed by atoms with Crippen LogP contribution in [0.25, 0.3) is 55.2 Å². The zero-order valence-electron chi connectivity index (χ0n) is 27.4. The number of hydrogen-bond acceptors (Lipinski definition) is 1. The Bertz CT molecular complexity index is 2220. The van der Waals surface area contributed by atoms with Crippen LogP contribution in [0.15, 0.2) is 176 Å². The lowest BCUT2D eigenvalue weighted by molar-refractivity contribution is 0.563. The molecule has 1 unspecified atom stereocenters. The van der Waals surface area contributed by atoms with Crippen LogP contribution in [0.2, 0.25) is 0 Å². The summed E-state index contributed by atoms with van der Waals surface area (Å²) in [5.74, 6) is 0. The van der Waals surface area contributed by atoms with E-state index in [4.69, 9.17) is 0 Å². The van der Waals surface area contributed by atoms with Crippen molar-refractivity contribution in [2.75, 3.05) is 4.90 Å². The maximum absolute atomic E-state index is 2.50. The smallest absolute Gasteiger partial charge is 0.0494 e. The molecule has 1 heterocycles. The van der Waals surface area contributed by atoms with E-state index in [2.05, 4.69) is 199 Å². The van der Waals surface area contributed by atoms with Crippen molar-refractivity contribution < 1.29 is 0 Å². The van der Waals surface area contributed by atoms with E-state index in [1.165, 1.54) is 55.2 Å². The van der Waals surface area contributed by atoms with Gasteiger partial charge in [-0.25, -0.2) is 0 Å². The average Bonchev–Trinajstić information content (AvgIpc) is 3.50. The van der Waals surface area contributed by atoms with E-state index in [0.29, 0.717) is 6.04 Å². The quantitative estimate of drug-likeness (QED) is 0.164. The van der Waals surface area contributed by atoms with Gasteiger partial charge in [-0.3, -0.25) is 0 Å². The van der Waals surface area contributed by atoms with Gasteiger partial charge >= 0.3 is 0 Å². The lowest BCUT2D eigenvalue weighted by Gasteiger charge is -2.26. The molecule has 0 aliphatic carbocycles. The topological polar surface area (TPSA) is 8.17 Å². The van der Waals surface area contributed by atoms with Gasteiger partial charge in [-0.2, -0.15) is 0 Å². The van der Waals surface area contributed by atoms with Crippen molar-refractivity contribution in [3.63, 3.8) is 0 Å². The Morgan fingerprint density at radius 1 is 0.417 bits per heavy atom. The van der Waals surface area contributed by atoms with Crippen LogP contribution in [0.4, 0.5) is 17.1 Å². The molecule has 232 valence electrons. The molecule has 48 heavy (non-hydrogen) atoms. The van der Waals surface area contributed by atoms with Gasteiger partial charge < -0.3 is 9.47 Å². The van der Waals surface area contributed by atoms with Crippen LogP contribution in [-0.2, 0) is 0 Å². The zero-order valence-corrected chi connectivity index (χ0v) is 27.4. The van der Waals surface area contributed by atoms with Gasteiger partial charge in [-0.15, -0.1) is 0 Å². The van der Waals surface area contributed by atoms with E-state index in [1.807, 2.05) is 0 Å². The molecule has 0 aliphatic rings. The Balaban J connectivity index is 1.18. The molecule has 7 aromatic carbocycles. The highest BCUT2D eigenvalue weighted by molar-refractivity contribution is 6.09. The second-order valence-electron chi connectivity index (χ2n) is 12.6. The van der Waals surface area contributed by atoms with Gasteiger partial charge in [0.25, 0.3) is 0 Å². The number of nitrogens with zero attached hydrogens (tertiary/aromatic N) is 2.